The summed E-state index contributed by atoms with van der Waals surface area (Å²) in [5.74, 6) is 0.758. The molecule has 0 bridgehead atoms. The van der Waals surface area contributed by atoms with Crippen LogP contribution in [-0.4, -0.2) is 41.9 Å². The van der Waals surface area contributed by atoms with Crippen LogP contribution in [0.1, 0.15) is 36.8 Å². The van der Waals surface area contributed by atoms with Crippen molar-refractivity contribution in [3.05, 3.63) is 17.0 Å². The Morgan fingerprint density at radius 1 is 1.50 bits per heavy atom. The van der Waals surface area contributed by atoms with Gasteiger partial charge in [0.25, 0.3) is 0 Å². The van der Waals surface area contributed by atoms with E-state index in [2.05, 4.69) is 17.4 Å². The van der Waals surface area contributed by atoms with Crippen LogP contribution in [0.2, 0.25) is 0 Å². The van der Waals surface area contributed by atoms with Gasteiger partial charge in [0.1, 0.15) is 5.76 Å². The number of amides is 2. The van der Waals surface area contributed by atoms with Crippen LogP contribution in [0.25, 0.3) is 0 Å². The highest BCUT2D eigenvalue weighted by atomic mass is 16.5. The highest BCUT2D eigenvalue weighted by Gasteiger charge is 2.23. The summed E-state index contributed by atoms with van der Waals surface area (Å²) in [6, 6.07) is -0.0468. The molecule has 0 aliphatic carbocycles. The number of hydrogen-bond acceptors (Lipinski definition) is 4. The van der Waals surface area contributed by atoms with Crippen LogP contribution < -0.4 is 5.32 Å². The largest absolute Gasteiger partial charge is 0.375 e. The van der Waals surface area contributed by atoms with Gasteiger partial charge >= 0.3 is 6.03 Å². The van der Waals surface area contributed by atoms with E-state index in [0.29, 0.717) is 26.2 Å². The normalized spacial score (nSPS) is 19.1. The highest BCUT2D eigenvalue weighted by molar-refractivity contribution is 5.74. The summed E-state index contributed by atoms with van der Waals surface area (Å²) >= 11 is 0. The number of carbonyl (C=O) groups is 1. The molecule has 2 amide bonds. The molecule has 1 unspecified atom stereocenters. The molecule has 2 rings (SSSR count). The zero-order chi connectivity index (χ0) is 14.5. The minimum atomic E-state index is -0.0468. The SMILES string of the molecule is CCCC1CN(C(=O)NCc2c(C)noc2C)CCO1. The van der Waals surface area contributed by atoms with Gasteiger partial charge in [-0.1, -0.05) is 18.5 Å². The van der Waals surface area contributed by atoms with Crippen molar-refractivity contribution < 1.29 is 14.1 Å². The van der Waals surface area contributed by atoms with Crippen LogP contribution in [0.15, 0.2) is 4.52 Å². The number of rotatable bonds is 4. The zero-order valence-corrected chi connectivity index (χ0v) is 12.4. The standard InChI is InChI=1S/C14H23N3O3/c1-4-5-12-9-17(6-7-19-12)14(18)15-8-13-10(2)16-20-11(13)3/h12H,4-9H2,1-3H3,(H,15,18). The molecule has 6 heteroatoms. The Hall–Kier alpha value is -1.56. The summed E-state index contributed by atoms with van der Waals surface area (Å²) in [4.78, 5) is 14.0. The van der Waals surface area contributed by atoms with Gasteiger partial charge in [-0.2, -0.15) is 0 Å². The quantitative estimate of drug-likeness (QED) is 0.916. The summed E-state index contributed by atoms with van der Waals surface area (Å²) in [5, 5.41) is 6.81. The Balaban J connectivity index is 1.85. The molecule has 20 heavy (non-hydrogen) atoms. The van der Waals surface area contributed by atoms with E-state index in [1.165, 1.54) is 0 Å². The molecule has 0 saturated carbocycles. The van der Waals surface area contributed by atoms with Crippen molar-refractivity contribution in [1.82, 2.24) is 15.4 Å². The summed E-state index contributed by atoms with van der Waals surface area (Å²) < 4.78 is 10.7. The van der Waals surface area contributed by atoms with Gasteiger partial charge in [-0.25, -0.2) is 4.79 Å². The van der Waals surface area contributed by atoms with Gasteiger partial charge in [0.05, 0.1) is 18.4 Å². The fourth-order valence-corrected chi connectivity index (χ4v) is 2.43. The molecule has 1 N–H and O–H groups in total. The number of urea groups is 1. The first-order chi connectivity index (χ1) is 9.61. The van der Waals surface area contributed by atoms with Crippen molar-refractivity contribution in [2.24, 2.45) is 0 Å². The molecule has 1 fully saturated rings. The predicted molar refractivity (Wildman–Crippen MR) is 74.4 cm³/mol. The molecule has 0 aromatic carbocycles. The summed E-state index contributed by atoms with van der Waals surface area (Å²) in [7, 11) is 0. The van der Waals surface area contributed by atoms with Crippen LogP contribution >= 0.6 is 0 Å². The monoisotopic (exact) mass is 281 g/mol. The highest BCUT2D eigenvalue weighted by Crippen LogP contribution is 2.13. The van der Waals surface area contributed by atoms with Crippen molar-refractivity contribution in [3.63, 3.8) is 0 Å². The molecular formula is C14H23N3O3. The van der Waals surface area contributed by atoms with E-state index in [1.54, 1.807) is 0 Å². The van der Waals surface area contributed by atoms with Gasteiger partial charge in [0, 0.05) is 25.2 Å². The molecule has 1 atom stereocenters. The smallest absolute Gasteiger partial charge is 0.317 e. The number of aromatic nitrogens is 1. The zero-order valence-electron chi connectivity index (χ0n) is 12.4. The Bertz CT molecular complexity index is 437. The third kappa shape index (κ3) is 3.50. The lowest BCUT2D eigenvalue weighted by Gasteiger charge is -2.32. The summed E-state index contributed by atoms with van der Waals surface area (Å²) in [5.41, 5.74) is 1.78. The molecule has 1 aliphatic heterocycles. The van der Waals surface area contributed by atoms with Crippen molar-refractivity contribution in [3.8, 4) is 0 Å². The van der Waals surface area contributed by atoms with Crippen LogP contribution in [-0.2, 0) is 11.3 Å². The summed E-state index contributed by atoms with van der Waals surface area (Å²) in [6.45, 7) is 8.24. The molecule has 2 heterocycles. The Morgan fingerprint density at radius 2 is 2.30 bits per heavy atom. The first-order valence-corrected chi connectivity index (χ1v) is 7.18. The van der Waals surface area contributed by atoms with Gasteiger partial charge in [-0.15, -0.1) is 0 Å². The van der Waals surface area contributed by atoms with Crippen LogP contribution in [0.5, 0.6) is 0 Å². The Kier molecular flexibility index (Phi) is 5.00. The number of nitrogens with one attached hydrogen (secondary N) is 1. The number of hydrogen-bond donors (Lipinski definition) is 1. The second-order valence-electron chi connectivity index (χ2n) is 5.19. The summed E-state index contributed by atoms with van der Waals surface area (Å²) in [6.07, 6.45) is 2.23. The molecule has 112 valence electrons. The fraction of sp³-hybridized carbons (Fsp3) is 0.714. The van der Waals surface area contributed by atoms with E-state index < -0.39 is 0 Å². The van der Waals surface area contributed by atoms with Gasteiger partial charge in [0.2, 0.25) is 0 Å². The molecule has 0 spiro atoms. The second kappa shape index (κ2) is 6.74. The molecule has 1 aromatic heterocycles. The second-order valence-corrected chi connectivity index (χ2v) is 5.19. The van der Waals surface area contributed by atoms with Gasteiger partial charge in [-0.3, -0.25) is 0 Å². The number of ether oxygens (including phenoxy) is 1. The van der Waals surface area contributed by atoms with Crippen molar-refractivity contribution in [2.75, 3.05) is 19.7 Å². The minimum absolute atomic E-state index is 0.0468. The molecule has 1 saturated heterocycles. The molecular weight excluding hydrogens is 258 g/mol. The maximum atomic E-state index is 12.2. The third-order valence-electron chi connectivity index (χ3n) is 3.63. The van der Waals surface area contributed by atoms with E-state index in [4.69, 9.17) is 9.26 Å². The van der Waals surface area contributed by atoms with Crippen molar-refractivity contribution in [2.45, 2.75) is 46.3 Å². The lowest BCUT2D eigenvalue weighted by Crippen LogP contribution is -2.49. The van der Waals surface area contributed by atoms with E-state index >= 15 is 0 Å². The van der Waals surface area contributed by atoms with Crippen LogP contribution in [0.4, 0.5) is 4.79 Å². The molecule has 6 nitrogen and oxygen atoms in total. The van der Waals surface area contributed by atoms with Crippen LogP contribution in [0.3, 0.4) is 0 Å². The average Bonchev–Trinajstić information content (AvgIpc) is 2.76. The number of morpholine rings is 1. The Labute approximate surface area is 119 Å². The topological polar surface area (TPSA) is 67.6 Å². The molecule has 1 aliphatic rings. The maximum Gasteiger partial charge on any atom is 0.317 e. The van der Waals surface area contributed by atoms with Gasteiger partial charge < -0.3 is 19.5 Å². The number of carbonyl (C=O) groups excluding carboxylic acids is 1. The number of aryl methyl sites for hydroxylation is 2. The van der Waals surface area contributed by atoms with Gasteiger partial charge in [-0.05, 0) is 20.3 Å². The maximum absolute atomic E-state index is 12.2. The average molecular weight is 281 g/mol. The third-order valence-corrected chi connectivity index (χ3v) is 3.63. The predicted octanol–water partition coefficient (Wildman–Crippen LogP) is 2.00. The lowest BCUT2D eigenvalue weighted by atomic mass is 10.2. The van der Waals surface area contributed by atoms with E-state index in [9.17, 15) is 4.79 Å². The first kappa shape index (κ1) is 14.8. The van der Waals surface area contributed by atoms with Gasteiger partial charge in [0.15, 0.2) is 0 Å². The number of nitrogens with zero attached hydrogens (tertiary/aromatic N) is 2. The molecule has 1 aromatic rings. The Morgan fingerprint density at radius 3 is 2.95 bits per heavy atom. The van der Waals surface area contributed by atoms with Crippen molar-refractivity contribution in [1.29, 1.82) is 0 Å². The molecule has 0 radical (unpaired) electrons. The minimum Gasteiger partial charge on any atom is -0.375 e. The fourth-order valence-electron chi connectivity index (χ4n) is 2.43. The lowest BCUT2D eigenvalue weighted by molar-refractivity contribution is -0.0181. The van der Waals surface area contributed by atoms with Crippen LogP contribution in [0, 0.1) is 13.8 Å². The first-order valence-electron chi connectivity index (χ1n) is 7.18. The van der Waals surface area contributed by atoms with E-state index in [-0.39, 0.29) is 12.1 Å². The van der Waals surface area contributed by atoms with E-state index in [0.717, 1.165) is 29.9 Å². The van der Waals surface area contributed by atoms with Crippen molar-refractivity contribution >= 4 is 6.03 Å². The van der Waals surface area contributed by atoms with E-state index in [1.807, 2.05) is 18.7 Å².